The molecule has 116 valence electrons. The molecule has 0 amide bonds. The van der Waals surface area contributed by atoms with Gasteiger partial charge in [-0.25, -0.2) is 0 Å². The van der Waals surface area contributed by atoms with E-state index in [9.17, 15) is 0 Å². The highest BCUT2D eigenvalue weighted by Crippen LogP contribution is 2.37. The fourth-order valence-electron chi connectivity index (χ4n) is 3.97. The number of nitrogens with one attached hydrogen (secondary N) is 1. The molecule has 21 heavy (non-hydrogen) atoms. The Morgan fingerprint density at radius 2 is 2.14 bits per heavy atom. The van der Waals surface area contributed by atoms with Crippen LogP contribution in [-0.4, -0.2) is 12.1 Å². The Labute approximate surface area is 129 Å². The second-order valence-electron chi connectivity index (χ2n) is 7.71. The molecular formula is C19H29NO. The lowest BCUT2D eigenvalue weighted by atomic mass is 9.82. The van der Waals surface area contributed by atoms with E-state index in [1.165, 1.54) is 36.8 Å². The van der Waals surface area contributed by atoms with Crippen molar-refractivity contribution in [1.82, 2.24) is 5.32 Å². The highest BCUT2D eigenvalue weighted by Gasteiger charge is 2.31. The monoisotopic (exact) mass is 287 g/mol. The normalized spacial score (nSPS) is 27.2. The number of fused-ring (bicyclic) bond motifs is 1. The van der Waals surface area contributed by atoms with E-state index < -0.39 is 0 Å². The second kappa shape index (κ2) is 6.00. The summed E-state index contributed by atoms with van der Waals surface area (Å²) in [6, 6.07) is 6.58. The fraction of sp³-hybridized carbons (Fsp3) is 0.684. The molecule has 0 spiro atoms. The van der Waals surface area contributed by atoms with Crippen molar-refractivity contribution in [2.45, 2.75) is 65.0 Å². The molecule has 1 aromatic carbocycles. The van der Waals surface area contributed by atoms with Gasteiger partial charge in [0.15, 0.2) is 0 Å². The smallest absolute Gasteiger partial charge is 0.127 e. The fourth-order valence-corrected chi connectivity index (χ4v) is 3.97. The number of hydrogen-bond donors (Lipinski definition) is 1. The van der Waals surface area contributed by atoms with Crippen LogP contribution in [0.2, 0.25) is 0 Å². The average Bonchev–Trinajstić information content (AvgIpc) is 2.74. The Kier molecular flexibility index (Phi) is 4.26. The van der Waals surface area contributed by atoms with Crippen molar-refractivity contribution in [2.24, 2.45) is 11.8 Å². The Bertz CT molecular complexity index is 494. The molecule has 2 aliphatic rings. The van der Waals surface area contributed by atoms with Gasteiger partial charge >= 0.3 is 0 Å². The zero-order valence-corrected chi connectivity index (χ0v) is 13.7. The first-order valence-corrected chi connectivity index (χ1v) is 8.54. The summed E-state index contributed by atoms with van der Waals surface area (Å²) in [7, 11) is 0. The second-order valence-corrected chi connectivity index (χ2v) is 7.71. The Balaban J connectivity index is 1.56. The summed E-state index contributed by atoms with van der Waals surface area (Å²) < 4.78 is 6.15. The van der Waals surface area contributed by atoms with Gasteiger partial charge in [-0.2, -0.15) is 0 Å². The van der Waals surface area contributed by atoms with Crippen molar-refractivity contribution >= 4 is 0 Å². The predicted molar refractivity (Wildman–Crippen MR) is 87.7 cm³/mol. The SMILES string of the molecule is CC1CCCC(CNCc2cccc3c2OC(C)(C)C3)C1. The van der Waals surface area contributed by atoms with Gasteiger partial charge in [0.1, 0.15) is 11.4 Å². The van der Waals surface area contributed by atoms with Crippen LogP contribution < -0.4 is 10.1 Å². The van der Waals surface area contributed by atoms with Crippen LogP contribution in [0, 0.1) is 11.8 Å². The number of benzene rings is 1. The Hall–Kier alpha value is -1.02. The highest BCUT2D eigenvalue weighted by molar-refractivity contribution is 5.45. The van der Waals surface area contributed by atoms with Gasteiger partial charge in [-0.3, -0.25) is 0 Å². The van der Waals surface area contributed by atoms with Gasteiger partial charge in [0.05, 0.1) is 0 Å². The minimum Gasteiger partial charge on any atom is -0.487 e. The van der Waals surface area contributed by atoms with Gasteiger partial charge in [0, 0.05) is 18.5 Å². The topological polar surface area (TPSA) is 21.3 Å². The molecule has 1 aliphatic heterocycles. The van der Waals surface area contributed by atoms with Crippen molar-refractivity contribution < 1.29 is 4.74 Å². The van der Waals surface area contributed by atoms with E-state index in [4.69, 9.17) is 4.74 Å². The lowest BCUT2D eigenvalue weighted by molar-refractivity contribution is 0.137. The lowest BCUT2D eigenvalue weighted by Crippen LogP contribution is -2.27. The van der Waals surface area contributed by atoms with Gasteiger partial charge in [-0.05, 0) is 50.6 Å². The van der Waals surface area contributed by atoms with E-state index in [1.54, 1.807) is 0 Å². The minimum absolute atomic E-state index is 0.0444. The third kappa shape index (κ3) is 3.60. The molecule has 2 nitrogen and oxygen atoms in total. The predicted octanol–water partition coefficient (Wildman–Crippen LogP) is 4.32. The number of rotatable bonds is 4. The first-order valence-electron chi connectivity index (χ1n) is 8.54. The van der Waals surface area contributed by atoms with Crippen molar-refractivity contribution in [3.05, 3.63) is 29.3 Å². The third-order valence-corrected chi connectivity index (χ3v) is 4.97. The zero-order chi connectivity index (χ0) is 14.9. The number of ether oxygens (including phenoxy) is 1. The van der Waals surface area contributed by atoms with E-state index in [0.717, 1.165) is 37.1 Å². The molecule has 2 heteroatoms. The summed E-state index contributed by atoms with van der Waals surface area (Å²) in [4.78, 5) is 0. The van der Waals surface area contributed by atoms with Crippen molar-refractivity contribution in [3.63, 3.8) is 0 Å². The molecular weight excluding hydrogens is 258 g/mol. The van der Waals surface area contributed by atoms with E-state index in [0.29, 0.717) is 0 Å². The summed E-state index contributed by atoms with van der Waals surface area (Å²) in [5, 5.41) is 3.67. The maximum Gasteiger partial charge on any atom is 0.127 e. The zero-order valence-electron chi connectivity index (χ0n) is 13.7. The van der Waals surface area contributed by atoms with Gasteiger partial charge < -0.3 is 10.1 Å². The highest BCUT2D eigenvalue weighted by atomic mass is 16.5. The molecule has 1 saturated carbocycles. The van der Waals surface area contributed by atoms with E-state index >= 15 is 0 Å². The quantitative estimate of drug-likeness (QED) is 0.890. The molecule has 0 radical (unpaired) electrons. The number of para-hydroxylation sites is 1. The standard InChI is InChI=1S/C19H29NO/c1-14-6-4-7-15(10-14)12-20-13-17-9-5-8-16-11-19(2,3)21-18(16)17/h5,8-9,14-15,20H,4,6-7,10-13H2,1-3H3. The molecule has 1 N–H and O–H groups in total. The molecule has 0 bridgehead atoms. The molecule has 3 rings (SSSR count). The summed E-state index contributed by atoms with van der Waals surface area (Å²) in [6.07, 6.45) is 6.64. The third-order valence-electron chi connectivity index (χ3n) is 4.97. The minimum atomic E-state index is -0.0444. The van der Waals surface area contributed by atoms with Crippen LogP contribution >= 0.6 is 0 Å². The van der Waals surface area contributed by atoms with Crippen molar-refractivity contribution in [3.8, 4) is 5.75 Å². The van der Waals surface area contributed by atoms with Gasteiger partial charge in [-0.15, -0.1) is 0 Å². The summed E-state index contributed by atoms with van der Waals surface area (Å²) >= 11 is 0. The van der Waals surface area contributed by atoms with Gasteiger partial charge in [-0.1, -0.05) is 38.0 Å². The van der Waals surface area contributed by atoms with E-state index in [2.05, 4.69) is 44.3 Å². The van der Waals surface area contributed by atoms with Crippen LogP contribution in [0.1, 0.15) is 57.6 Å². The first kappa shape index (κ1) is 14.9. The lowest BCUT2D eigenvalue weighted by Gasteiger charge is -2.27. The van der Waals surface area contributed by atoms with Crippen LogP contribution in [0.5, 0.6) is 5.75 Å². The van der Waals surface area contributed by atoms with E-state index in [-0.39, 0.29) is 5.60 Å². The van der Waals surface area contributed by atoms with Crippen LogP contribution in [-0.2, 0) is 13.0 Å². The van der Waals surface area contributed by atoms with Gasteiger partial charge in [0.25, 0.3) is 0 Å². The summed E-state index contributed by atoms with van der Waals surface area (Å²) in [5.41, 5.74) is 2.64. The maximum absolute atomic E-state index is 6.15. The van der Waals surface area contributed by atoms with Crippen molar-refractivity contribution in [2.75, 3.05) is 6.54 Å². The number of hydrogen-bond acceptors (Lipinski definition) is 2. The molecule has 0 saturated heterocycles. The summed E-state index contributed by atoms with van der Waals surface area (Å²) in [5.74, 6) is 2.91. The molecule has 2 unspecified atom stereocenters. The Morgan fingerprint density at radius 1 is 1.29 bits per heavy atom. The average molecular weight is 287 g/mol. The van der Waals surface area contributed by atoms with Crippen LogP contribution in [0.15, 0.2) is 18.2 Å². The maximum atomic E-state index is 6.15. The van der Waals surface area contributed by atoms with Gasteiger partial charge in [0.2, 0.25) is 0 Å². The molecule has 2 atom stereocenters. The molecule has 0 aromatic heterocycles. The molecule has 1 aliphatic carbocycles. The first-order chi connectivity index (χ1) is 10.0. The van der Waals surface area contributed by atoms with E-state index in [1.807, 2.05) is 0 Å². The van der Waals surface area contributed by atoms with Crippen LogP contribution in [0.4, 0.5) is 0 Å². The van der Waals surface area contributed by atoms with Crippen molar-refractivity contribution in [1.29, 1.82) is 0 Å². The molecule has 1 heterocycles. The Morgan fingerprint density at radius 3 is 2.95 bits per heavy atom. The molecule has 1 aromatic rings. The van der Waals surface area contributed by atoms with Crippen LogP contribution in [0.3, 0.4) is 0 Å². The van der Waals surface area contributed by atoms with Crippen LogP contribution in [0.25, 0.3) is 0 Å². The summed E-state index contributed by atoms with van der Waals surface area (Å²) in [6.45, 7) is 8.83. The molecule has 1 fully saturated rings. The largest absolute Gasteiger partial charge is 0.487 e.